The van der Waals surface area contributed by atoms with Crippen molar-refractivity contribution in [2.24, 2.45) is 5.92 Å². The Kier molecular flexibility index (Phi) is 7.65. The monoisotopic (exact) mass is 532 g/mol. The third kappa shape index (κ3) is 5.39. The van der Waals surface area contributed by atoms with E-state index in [1.807, 2.05) is 12.1 Å². The van der Waals surface area contributed by atoms with Crippen LogP contribution in [-0.4, -0.2) is 31.6 Å². The zero-order valence-electron chi connectivity index (χ0n) is 20.4. The second-order valence-electron chi connectivity index (χ2n) is 9.07. The molecule has 1 aliphatic rings. The predicted octanol–water partition coefficient (Wildman–Crippen LogP) is 6.45. The summed E-state index contributed by atoms with van der Waals surface area (Å²) < 4.78 is 47.8. The number of carboxylic acid groups (broad SMARTS) is 1. The molecule has 1 heterocycles. The van der Waals surface area contributed by atoms with Gasteiger partial charge in [0.15, 0.2) is 5.03 Å². The van der Waals surface area contributed by atoms with E-state index in [-0.39, 0.29) is 16.5 Å². The lowest BCUT2D eigenvalue weighted by atomic mass is 9.78. The van der Waals surface area contributed by atoms with Crippen molar-refractivity contribution in [2.75, 3.05) is 11.8 Å². The number of nitrogens with zero attached hydrogens (tertiary/aromatic N) is 1. The van der Waals surface area contributed by atoms with Gasteiger partial charge in [0.2, 0.25) is 0 Å². The van der Waals surface area contributed by atoms with Crippen LogP contribution in [0, 0.1) is 18.7 Å². The molecule has 0 saturated heterocycles. The fourth-order valence-electron chi connectivity index (χ4n) is 4.72. The average molecular weight is 533 g/mol. The molecular formula is C26H29FN2O5S2. The van der Waals surface area contributed by atoms with Crippen LogP contribution in [0.1, 0.15) is 65.7 Å². The zero-order chi connectivity index (χ0) is 26.0. The molecule has 7 nitrogen and oxygen atoms in total. The molecular weight excluding hydrogens is 503 g/mol. The molecule has 36 heavy (non-hydrogen) atoms. The van der Waals surface area contributed by atoms with E-state index >= 15 is 0 Å². The van der Waals surface area contributed by atoms with E-state index in [0.717, 1.165) is 23.6 Å². The first kappa shape index (κ1) is 26.1. The molecule has 4 rings (SSSR count). The summed E-state index contributed by atoms with van der Waals surface area (Å²) in [6.07, 6.45) is 6.15. The van der Waals surface area contributed by atoms with Gasteiger partial charge in [-0.1, -0.05) is 37.6 Å². The number of carbonyl (C=O) groups is 1. The highest BCUT2D eigenvalue weighted by Gasteiger charge is 2.26. The minimum atomic E-state index is -4.19. The Morgan fingerprint density at radius 1 is 1.19 bits per heavy atom. The Balaban J connectivity index is 1.56. The van der Waals surface area contributed by atoms with Crippen LogP contribution in [0.4, 0.5) is 10.1 Å². The molecule has 0 bridgehead atoms. The third-order valence-electron chi connectivity index (χ3n) is 6.83. The number of hydrogen-bond acceptors (Lipinski definition) is 6. The van der Waals surface area contributed by atoms with Crippen molar-refractivity contribution in [3.63, 3.8) is 0 Å². The number of rotatable bonds is 8. The van der Waals surface area contributed by atoms with Gasteiger partial charge in [-0.05, 0) is 56.1 Å². The topological polar surface area (TPSA) is 106 Å². The number of nitrogens with one attached hydrogen (secondary N) is 1. The number of aryl methyl sites for hydroxylation is 1. The molecule has 0 atom stereocenters. The van der Waals surface area contributed by atoms with E-state index in [1.54, 1.807) is 6.92 Å². The number of anilines is 1. The number of methoxy groups -OCH3 is 1. The normalized spacial score (nSPS) is 18.1. The summed E-state index contributed by atoms with van der Waals surface area (Å²) in [6.45, 7) is 3.91. The van der Waals surface area contributed by atoms with E-state index in [0.29, 0.717) is 15.8 Å². The summed E-state index contributed by atoms with van der Waals surface area (Å²) in [4.78, 5) is 16.0. The lowest BCUT2D eigenvalue weighted by Gasteiger charge is -2.28. The Hall–Kier alpha value is -2.98. The molecule has 1 aromatic heterocycles. The molecule has 0 spiro atoms. The highest BCUT2D eigenvalue weighted by atomic mass is 32.2. The van der Waals surface area contributed by atoms with Gasteiger partial charge in [-0.2, -0.15) is 8.42 Å². The molecule has 0 unspecified atom stereocenters. The molecule has 0 aliphatic heterocycles. The fraction of sp³-hybridized carbons (Fsp3) is 0.385. The molecule has 3 aromatic rings. The van der Waals surface area contributed by atoms with Crippen molar-refractivity contribution in [2.45, 2.75) is 56.9 Å². The second-order valence-corrected chi connectivity index (χ2v) is 11.9. The summed E-state index contributed by atoms with van der Waals surface area (Å²) in [5, 5.41) is 9.49. The number of carboxylic acids is 1. The van der Waals surface area contributed by atoms with Gasteiger partial charge in [0.25, 0.3) is 10.0 Å². The molecule has 10 heteroatoms. The minimum Gasteiger partial charge on any atom is -0.495 e. The molecule has 1 aliphatic carbocycles. The number of benzene rings is 2. The molecule has 192 valence electrons. The molecule has 2 N–H and O–H groups in total. The third-order valence-corrected chi connectivity index (χ3v) is 9.37. The van der Waals surface area contributed by atoms with Gasteiger partial charge in [-0.25, -0.2) is 14.2 Å². The lowest BCUT2D eigenvalue weighted by molar-refractivity contribution is 0.0691. The highest BCUT2D eigenvalue weighted by molar-refractivity contribution is 7.92. The molecule has 1 saturated carbocycles. The van der Waals surface area contributed by atoms with Crippen LogP contribution in [0.5, 0.6) is 5.75 Å². The van der Waals surface area contributed by atoms with Crippen LogP contribution in [0.25, 0.3) is 10.6 Å². The van der Waals surface area contributed by atoms with Crippen molar-refractivity contribution >= 4 is 33.0 Å². The van der Waals surface area contributed by atoms with Gasteiger partial charge in [0.05, 0.1) is 18.4 Å². The van der Waals surface area contributed by atoms with E-state index in [2.05, 4.69) is 28.8 Å². The van der Waals surface area contributed by atoms with Crippen LogP contribution >= 0.6 is 11.3 Å². The van der Waals surface area contributed by atoms with Gasteiger partial charge in [0.1, 0.15) is 16.6 Å². The standard InChI is InChI=1S/C26H29FN2O5S2/c1-4-16-5-7-17(8-6-16)18-9-11-19(12-10-18)24-28-25(15(2)35-24)36(32,33)29-22-14-21(27)20(26(30)31)13-23(22)34-3/h9-14,16-17,29H,4-8H2,1-3H3,(H,30,31)/t16-,17-. The van der Waals surface area contributed by atoms with E-state index in [4.69, 9.17) is 9.84 Å². The van der Waals surface area contributed by atoms with E-state index in [9.17, 15) is 17.6 Å². The van der Waals surface area contributed by atoms with Crippen molar-refractivity contribution in [1.29, 1.82) is 0 Å². The first-order valence-electron chi connectivity index (χ1n) is 11.8. The summed E-state index contributed by atoms with van der Waals surface area (Å²) in [5.41, 5.74) is 1.29. The maximum Gasteiger partial charge on any atom is 0.338 e. The average Bonchev–Trinajstić information content (AvgIpc) is 3.26. The van der Waals surface area contributed by atoms with Gasteiger partial charge < -0.3 is 9.84 Å². The van der Waals surface area contributed by atoms with E-state index in [1.165, 1.54) is 56.1 Å². The summed E-state index contributed by atoms with van der Waals surface area (Å²) in [7, 11) is -2.95. The number of sulfonamides is 1. The number of thiazole rings is 1. The van der Waals surface area contributed by atoms with Gasteiger partial charge in [0, 0.05) is 16.5 Å². The minimum absolute atomic E-state index is 0.117. The first-order valence-corrected chi connectivity index (χ1v) is 14.1. The first-order chi connectivity index (χ1) is 17.1. The number of aromatic nitrogens is 1. The highest BCUT2D eigenvalue weighted by Crippen LogP contribution is 2.38. The Labute approximate surface area is 214 Å². The maximum atomic E-state index is 14.2. The predicted molar refractivity (Wildman–Crippen MR) is 138 cm³/mol. The Bertz CT molecular complexity index is 1360. The summed E-state index contributed by atoms with van der Waals surface area (Å²) in [5.74, 6) is -1.30. The molecule has 2 aromatic carbocycles. The van der Waals surface area contributed by atoms with Gasteiger partial charge in [-0.15, -0.1) is 11.3 Å². The lowest BCUT2D eigenvalue weighted by Crippen LogP contribution is -2.16. The van der Waals surface area contributed by atoms with Crippen molar-refractivity contribution in [3.8, 4) is 16.3 Å². The number of ether oxygens (including phenoxy) is 1. The molecule has 1 fully saturated rings. The smallest absolute Gasteiger partial charge is 0.338 e. The van der Waals surface area contributed by atoms with Crippen LogP contribution in [0.3, 0.4) is 0 Å². The summed E-state index contributed by atoms with van der Waals surface area (Å²) >= 11 is 1.26. The quantitative estimate of drug-likeness (QED) is 0.345. The number of halogens is 1. The SMILES string of the molecule is CC[C@H]1CC[C@H](c2ccc(-c3nc(S(=O)(=O)Nc4cc(F)c(C(=O)O)cc4OC)c(C)s3)cc2)CC1. The van der Waals surface area contributed by atoms with Crippen molar-refractivity contribution in [1.82, 2.24) is 4.98 Å². The Morgan fingerprint density at radius 3 is 2.44 bits per heavy atom. The van der Waals surface area contributed by atoms with Crippen molar-refractivity contribution in [3.05, 3.63) is 58.2 Å². The largest absolute Gasteiger partial charge is 0.495 e. The Morgan fingerprint density at radius 2 is 1.86 bits per heavy atom. The van der Waals surface area contributed by atoms with Crippen molar-refractivity contribution < 1.29 is 27.4 Å². The summed E-state index contributed by atoms with van der Waals surface area (Å²) in [6, 6.07) is 9.89. The van der Waals surface area contributed by atoms with Gasteiger partial charge in [-0.3, -0.25) is 4.72 Å². The van der Waals surface area contributed by atoms with E-state index < -0.39 is 27.4 Å². The molecule has 0 amide bonds. The number of hydrogen-bond donors (Lipinski definition) is 2. The van der Waals surface area contributed by atoms with Crippen LogP contribution in [-0.2, 0) is 10.0 Å². The van der Waals surface area contributed by atoms with Crippen LogP contribution in [0.15, 0.2) is 41.4 Å². The molecule has 0 radical (unpaired) electrons. The van der Waals surface area contributed by atoms with Crippen LogP contribution in [0.2, 0.25) is 0 Å². The van der Waals surface area contributed by atoms with Crippen LogP contribution < -0.4 is 9.46 Å². The van der Waals surface area contributed by atoms with Gasteiger partial charge >= 0.3 is 5.97 Å². The zero-order valence-corrected chi connectivity index (χ0v) is 22.0. The fourth-order valence-corrected chi connectivity index (χ4v) is 7.18. The number of aromatic carboxylic acids is 1. The maximum absolute atomic E-state index is 14.2. The second kappa shape index (κ2) is 10.6.